The van der Waals surface area contributed by atoms with Crippen molar-refractivity contribution in [1.82, 2.24) is 0 Å². The summed E-state index contributed by atoms with van der Waals surface area (Å²) in [5.41, 5.74) is -0.0302. The van der Waals surface area contributed by atoms with E-state index in [1.807, 2.05) is 6.92 Å². The third-order valence-electron chi connectivity index (χ3n) is 0.664. The Bertz CT molecular complexity index is 44.5. The fraction of sp³-hybridized carbons (Fsp3) is 1.00. The van der Waals surface area contributed by atoms with Crippen molar-refractivity contribution in [2.75, 3.05) is 6.61 Å². The van der Waals surface area contributed by atoms with Gasteiger partial charge in [0.05, 0.1) is 6.61 Å². The van der Waals surface area contributed by atoms with Crippen LogP contribution in [0.2, 0.25) is 0 Å². The van der Waals surface area contributed by atoms with E-state index in [0.29, 0.717) is 5.92 Å². The van der Waals surface area contributed by atoms with Gasteiger partial charge in [-0.1, -0.05) is 26.5 Å². The van der Waals surface area contributed by atoms with Gasteiger partial charge in [0, 0.05) is 0 Å². The lowest BCUT2D eigenvalue weighted by Crippen LogP contribution is -2.06. The fourth-order valence-electron chi connectivity index (χ4n) is 0.328. The highest BCUT2D eigenvalue weighted by molar-refractivity contribution is 7.80. The Hall–Kier alpha value is 0.310. The Morgan fingerprint density at radius 3 is 2.00 bits per heavy atom. The minimum absolute atomic E-state index is 0.0302. The molecule has 0 amide bonds. The van der Waals surface area contributed by atoms with E-state index in [1.54, 1.807) is 0 Å². The molecule has 0 saturated carbocycles. The van der Waals surface area contributed by atoms with Crippen LogP contribution in [0.15, 0.2) is 0 Å². The summed E-state index contributed by atoms with van der Waals surface area (Å²) in [4.78, 5) is 0. The Kier molecular flexibility index (Phi) is 4.38. The lowest BCUT2D eigenvalue weighted by atomic mass is 10.2. The second-order valence-corrected chi connectivity index (χ2v) is 2.96. The molecule has 1 unspecified atom stereocenters. The minimum atomic E-state index is -0.0302. The maximum atomic E-state index is 5.12. The molecule has 0 aliphatic heterocycles. The van der Waals surface area contributed by atoms with E-state index < -0.39 is 0 Å². The lowest BCUT2D eigenvalue weighted by molar-refractivity contribution is 0.101. The van der Waals surface area contributed by atoms with E-state index in [1.165, 1.54) is 0 Å². The highest BCUT2D eigenvalue weighted by Gasteiger charge is 1.96. The largest absolute Gasteiger partial charge is 0.367 e. The van der Waals surface area contributed by atoms with Crippen LogP contribution in [-0.2, 0) is 4.74 Å². The third-order valence-corrected chi connectivity index (χ3v) is 0.800. The van der Waals surface area contributed by atoms with E-state index in [0.717, 1.165) is 6.61 Å². The average molecular weight is 133 g/mol. The molecule has 1 nitrogen and oxygen atoms in total. The molecule has 1 atom stereocenters. The van der Waals surface area contributed by atoms with Gasteiger partial charge in [0.2, 0.25) is 0 Å². The van der Waals surface area contributed by atoms with Gasteiger partial charge in [-0.2, -0.15) is 0 Å². The number of hydrogen-bond acceptors (Lipinski definition) is 1. The molecule has 2 heteroatoms. The molecule has 0 saturated heterocycles. The first-order valence-corrected chi connectivity index (χ1v) is 3.37. The number of ether oxygens (including phenoxy) is 1. The zero-order valence-electron chi connectivity index (χ0n) is 5.68. The molecular formula is C6H13OS. The van der Waals surface area contributed by atoms with Crippen LogP contribution < -0.4 is 0 Å². The highest BCUT2D eigenvalue weighted by atomic mass is 32.1. The Morgan fingerprint density at radius 1 is 1.38 bits per heavy atom. The highest BCUT2D eigenvalue weighted by Crippen LogP contribution is 1.99. The molecule has 0 aliphatic carbocycles. The zero-order chi connectivity index (χ0) is 6.57. The normalized spacial score (nSPS) is 14.6. The summed E-state index contributed by atoms with van der Waals surface area (Å²) in [6.07, 6.45) is 0. The van der Waals surface area contributed by atoms with Crippen molar-refractivity contribution in [2.45, 2.75) is 26.2 Å². The van der Waals surface area contributed by atoms with Crippen LogP contribution in [0.1, 0.15) is 20.8 Å². The van der Waals surface area contributed by atoms with Gasteiger partial charge >= 0.3 is 0 Å². The van der Waals surface area contributed by atoms with Gasteiger partial charge in [-0.25, -0.2) is 0 Å². The quantitative estimate of drug-likeness (QED) is 0.573. The van der Waals surface area contributed by atoms with E-state index in [9.17, 15) is 0 Å². The van der Waals surface area contributed by atoms with Gasteiger partial charge in [-0.3, -0.25) is 0 Å². The molecule has 0 N–H and O–H groups in total. The first-order chi connectivity index (χ1) is 3.63. The van der Waals surface area contributed by atoms with E-state index in [4.69, 9.17) is 17.4 Å². The molecule has 0 aliphatic rings. The first-order valence-electron chi connectivity index (χ1n) is 2.90. The van der Waals surface area contributed by atoms with Gasteiger partial charge in [0.15, 0.2) is 0 Å². The van der Waals surface area contributed by atoms with Crippen LogP contribution >= 0.6 is 12.6 Å². The smallest absolute Gasteiger partial charge is 0.110 e. The summed E-state index contributed by atoms with van der Waals surface area (Å²) in [6.45, 7) is 6.87. The number of rotatable bonds is 3. The molecule has 0 spiro atoms. The molecule has 0 aromatic rings. The van der Waals surface area contributed by atoms with Gasteiger partial charge in [-0.05, 0) is 12.8 Å². The minimum Gasteiger partial charge on any atom is -0.367 e. The van der Waals surface area contributed by atoms with Gasteiger partial charge in [0.1, 0.15) is 5.44 Å². The molecule has 0 bridgehead atoms. The van der Waals surface area contributed by atoms with Crippen molar-refractivity contribution in [2.24, 2.45) is 5.92 Å². The lowest BCUT2D eigenvalue weighted by Gasteiger charge is -2.07. The molecule has 0 heterocycles. The Balaban J connectivity index is 2.93. The van der Waals surface area contributed by atoms with Crippen LogP contribution in [0.3, 0.4) is 0 Å². The van der Waals surface area contributed by atoms with E-state index in [-0.39, 0.29) is 5.44 Å². The zero-order valence-corrected chi connectivity index (χ0v) is 6.49. The van der Waals surface area contributed by atoms with Crippen LogP contribution in [-0.4, -0.2) is 12.0 Å². The predicted octanol–water partition coefficient (Wildman–Crippen LogP) is 2.20. The summed E-state index contributed by atoms with van der Waals surface area (Å²) in [6, 6.07) is 0. The molecule has 8 heavy (non-hydrogen) atoms. The summed E-state index contributed by atoms with van der Waals surface area (Å²) in [5, 5.41) is 0. The monoisotopic (exact) mass is 133 g/mol. The second kappa shape index (κ2) is 4.21. The van der Waals surface area contributed by atoms with Crippen molar-refractivity contribution in [3.05, 3.63) is 0 Å². The molecule has 0 rings (SSSR count). The maximum Gasteiger partial charge on any atom is 0.110 e. The molecule has 1 radical (unpaired) electrons. The van der Waals surface area contributed by atoms with Crippen molar-refractivity contribution in [1.29, 1.82) is 0 Å². The van der Waals surface area contributed by atoms with Crippen molar-refractivity contribution in [3.8, 4) is 0 Å². The van der Waals surface area contributed by atoms with Crippen molar-refractivity contribution in [3.63, 3.8) is 0 Å². The second-order valence-electron chi connectivity index (χ2n) is 2.29. The molecule has 0 aromatic carbocycles. The third kappa shape index (κ3) is 6.31. The Labute approximate surface area is 56.8 Å². The van der Waals surface area contributed by atoms with Crippen LogP contribution in [0, 0.1) is 5.92 Å². The first kappa shape index (κ1) is 8.31. The summed E-state index contributed by atoms with van der Waals surface area (Å²) < 4.78 is 5.12. The van der Waals surface area contributed by atoms with Crippen LogP contribution in [0.5, 0.6) is 0 Å². The SMILES string of the molecule is CC(C)COC(C)[S]. The number of hydrogen-bond donors (Lipinski definition) is 0. The summed E-state index contributed by atoms with van der Waals surface area (Å²) in [7, 11) is 0. The van der Waals surface area contributed by atoms with Gasteiger partial charge in [-0.15, -0.1) is 0 Å². The van der Waals surface area contributed by atoms with Crippen LogP contribution in [0.25, 0.3) is 0 Å². The van der Waals surface area contributed by atoms with Gasteiger partial charge < -0.3 is 4.74 Å². The van der Waals surface area contributed by atoms with Crippen molar-refractivity contribution < 1.29 is 4.74 Å². The standard InChI is InChI=1S/C6H13OS/c1-5(2)4-7-6(3)8/h5-6H,4H2,1-3H3. The van der Waals surface area contributed by atoms with E-state index in [2.05, 4.69) is 13.8 Å². The van der Waals surface area contributed by atoms with Gasteiger partial charge in [0.25, 0.3) is 0 Å². The van der Waals surface area contributed by atoms with Crippen LogP contribution in [0.4, 0.5) is 0 Å². The fourth-order valence-corrected chi connectivity index (χ4v) is 0.407. The molecule has 49 valence electrons. The molecule has 0 fully saturated rings. The Morgan fingerprint density at radius 2 is 1.88 bits per heavy atom. The summed E-state index contributed by atoms with van der Waals surface area (Å²) in [5.74, 6) is 0.598. The topological polar surface area (TPSA) is 9.23 Å². The predicted molar refractivity (Wildman–Crippen MR) is 37.8 cm³/mol. The molecular weight excluding hydrogens is 120 g/mol. The van der Waals surface area contributed by atoms with Crippen molar-refractivity contribution >= 4 is 12.6 Å². The molecule has 0 aromatic heterocycles. The average Bonchev–Trinajstić information content (AvgIpc) is 1.61. The van der Waals surface area contributed by atoms with E-state index >= 15 is 0 Å². The maximum absolute atomic E-state index is 5.12. The summed E-state index contributed by atoms with van der Waals surface area (Å²) >= 11 is 4.78.